The van der Waals surface area contributed by atoms with Crippen molar-refractivity contribution in [3.05, 3.63) is 0 Å². The SMILES string of the molecule is CC1(C)OC[C@@H]2C[C@@]3(C(N)=O)OC(C)(C)O[C@H]3[C@@H]2O1. The standard InChI is InChI=1S/C13H21NO5/c1-11(2)16-6-7-5-13(10(14)15)9(8(7)17-11)18-12(3,4)19-13/h7-9H,5-6H2,1-4H3,(H2,14,15)/t7-,8+,9-,13+/m0/s1. The number of fused-ring (bicyclic) bond motifs is 3. The first-order valence-corrected chi connectivity index (χ1v) is 6.65. The first-order chi connectivity index (χ1) is 8.65. The average molecular weight is 271 g/mol. The molecule has 0 aromatic heterocycles. The molecule has 1 saturated carbocycles. The summed E-state index contributed by atoms with van der Waals surface area (Å²) in [7, 11) is 0. The van der Waals surface area contributed by atoms with Gasteiger partial charge >= 0.3 is 0 Å². The topological polar surface area (TPSA) is 80.0 Å². The molecule has 3 fully saturated rings. The lowest BCUT2D eigenvalue weighted by atomic mass is 9.98. The fourth-order valence-corrected chi connectivity index (χ4v) is 3.44. The number of carbonyl (C=O) groups excluding carboxylic acids is 1. The van der Waals surface area contributed by atoms with E-state index >= 15 is 0 Å². The molecule has 0 aromatic rings. The molecular formula is C13H21NO5. The summed E-state index contributed by atoms with van der Waals surface area (Å²) in [4.78, 5) is 11.9. The van der Waals surface area contributed by atoms with E-state index in [0.717, 1.165) is 0 Å². The molecule has 0 spiro atoms. The average Bonchev–Trinajstić information content (AvgIpc) is 2.67. The van der Waals surface area contributed by atoms with Crippen LogP contribution in [0, 0.1) is 5.92 Å². The van der Waals surface area contributed by atoms with E-state index < -0.39 is 29.2 Å². The van der Waals surface area contributed by atoms with Gasteiger partial charge in [-0.1, -0.05) is 0 Å². The number of rotatable bonds is 1. The molecule has 4 atom stereocenters. The quantitative estimate of drug-likeness (QED) is 0.752. The van der Waals surface area contributed by atoms with Crippen LogP contribution in [0.5, 0.6) is 0 Å². The monoisotopic (exact) mass is 271 g/mol. The number of amides is 1. The summed E-state index contributed by atoms with van der Waals surface area (Å²) in [5, 5.41) is 0. The molecule has 2 N–H and O–H groups in total. The highest BCUT2D eigenvalue weighted by Gasteiger charge is 2.68. The number of nitrogens with two attached hydrogens (primary N) is 1. The lowest BCUT2D eigenvalue weighted by Gasteiger charge is -2.39. The third-order valence-electron chi connectivity index (χ3n) is 4.11. The summed E-state index contributed by atoms with van der Waals surface area (Å²) in [6.07, 6.45) is -0.205. The van der Waals surface area contributed by atoms with E-state index in [9.17, 15) is 4.79 Å². The van der Waals surface area contributed by atoms with Gasteiger partial charge in [0.05, 0.1) is 12.7 Å². The number of primary amides is 1. The highest BCUT2D eigenvalue weighted by molar-refractivity contribution is 5.85. The van der Waals surface area contributed by atoms with E-state index in [1.807, 2.05) is 13.8 Å². The zero-order valence-electron chi connectivity index (χ0n) is 11.8. The van der Waals surface area contributed by atoms with Crippen molar-refractivity contribution in [2.24, 2.45) is 11.7 Å². The minimum absolute atomic E-state index is 0.0709. The molecule has 0 radical (unpaired) electrons. The Balaban J connectivity index is 1.94. The van der Waals surface area contributed by atoms with Gasteiger partial charge in [-0.2, -0.15) is 0 Å². The van der Waals surface area contributed by atoms with Crippen LogP contribution in [0.1, 0.15) is 34.1 Å². The molecule has 108 valence electrons. The van der Waals surface area contributed by atoms with Crippen LogP contribution in [-0.2, 0) is 23.7 Å². The van der Waals surface area contributed by atoms with E-state index in [1.165, 1.54) is 0 Å². The van der Waals surface area contributed by atoms with Gasteiger partial charge in [0.15, 0.2) is 17.2 Å². The molecular weight excluding hydrogens is 250 g/mol. The molecule has 0 unspecified atom stereocenters. The van der Waals surface area contributed by atoms with Crippen molar-refractivity contribution >= 4 is 5.91 Å². The van der Waals surface area contributed by atoms with Crippen LogP contribution < -0.4 is 5.73 Å². The molecule has 2 aliphatic heterocycles. The van der Waals surface area contributed by atoms with Crippen molar-refractivity contribution in [2.75, 3.05) is 6.61 Å². The Morgan fingerprint density at radius 3 is 2.47 bits per heavy atom. The number of hydrogen-bond donors (Lipinski definition) is 1. The third-order valence-corrected chi connectivity index (χ3v) is 4.11. The highest BCUT2D eigenvalue weighted by atomic mass is 16.8. The van der Waals surface area contributed by atoms with Gasteiger partial charge in [0.25, 0.3) is 5.91 Å². The number of ether oxygens (including phenoxy) is 4. The first kappa shape index (κ1) is 13.3. The number of hydrogen-bond acceptors (Lipinski definition) is 5. The fourth-order valence-electron chi connectivity index (χ4n) is 3.44. The molecule has 2 saturated heterocycles. The highest BCUT2D eigenvalue weighted by Crippen LogP contribution is 2.52. The third kappa shape index (κ3) is 1.89. The van der Waals surface area contributed by atoms with Crippen molar-refractivity contribution in [1.29, 1.82) is 0 Å². The van der Waals surface area contributed by atoms with E-state index in [-0.39, 0.29) is 12.0 Å². The largest absolute Gasteiger partial charge is 0.367 e. The van der Waals surface area contributed by atoms with Crippen LogP contribution in [0.2, 0.25) is 0 Å². The van der Waals surface area contributed by atoms with Crippen molar-refractivity contribution in [3.63, 3.8) is 0 Å². The summed E-state index contributed by atoms with van der Waals surface area (Å²) < 4.78 is 23.3. The van der Waals surface area contributed by atoms with Crippen LogP contribution in [0.25, 0.3) is 0 Å². The molecule has 19 heavy (non-hydrogen) atoms. The summed E-state index contributed by atoms with van der Waals surface area (Å²) in [6, 6.07) is 0. The van der Waals surface area contributed by atoms with Gasteiger partial charge in [0.1, 0.15) is 6.10 Å². The van der Waals surface area contributed by atoms with Crippen LogP contribution >= 0.6 is 0 Å². The molecule has 6 nitrogen and oxygen atoms in total. The Morgan fingerprint density at radius 2 is 1.84 bits per heavy atom. The molecule has 1 aliphatic carbocycles. The number of carbonyl (C=O) groups is 1. The van der Waals surface area contributed by atoms with Gasteiger partial charge in [-0.05, 0) is 34.1 Å². The van der Waals surface area contributed by atoms with Gasteiger partial charge in [-0.15, -0.1) is 0 Å². The zero-order chi connectivity index (χ0) is 14.1. The van der Waals surface area contributed by atoms with Gasteiger partial charge < -0.3 is 24.7 Å². The van der Waals surface area contributed by atoms with Crippen LogP contribution in [0.3, 0.4) is 0 Å². The van der Waals surface area contributed by atoms with Crippen LogP contribution in [-0.4, -0.2) is 41.9 Å². The van der Waals surface area contributed by atoms with Crippen molar-refractivity contribution in [2.45, 2.75) is 63.5 Å². The summed E-state index contributed by atoms with van der Waals surface area (Å²) in [5.74, 6) is -1.91. The van der Waals surface area contributed by atoms with Gasteiger partial charge in [-0.3, -0.25) is 4.79 Å². The minimum atomic E-state index is -1.09. The Kier molecular flexibility index (Phi) is 2.59. The summed E-state index contributed by atoms with van der Waals surface area (Å²) >= 11 is 0. The molecule has 0 aromatic carbocycles. The molecule has 6 heteroatoms. The lowest BCUT2D eigenvalue weighted by molar-refractivity contribution is -0.306. The molecule has 3 aliphatic rings. The zero-order valence-corrected chi connectivity index (χ0v) is 11.8. The Bertz CT molecular complexity index is 421. The fraction of sp³-hybridized carbons (Fsp3) is 0.923. The van der Waals surface area contributed by atoms with Gasteiger partial charge in [0, 0.05) is 5.92 Å². The molecule has 2 heterocycles. The minimum Gasteiger partial charge on any atom is -0.367 e. The normalized spacial score (nSPS) is 46.6. The predicted molar refractivity (Wildman–Crippen MR) is 65.0 cm³/mol. The summed E-state index contributed by atoms with van der Waals surface area (Å²) in [5.41, 5.74) is 4.48. The Hall–Kier alpha value is -0.690. The first-order valence-electron chi connectivity index (χ1n) is 6.65. The molecule has 1 amide bonds. The van der Waals surface area contributed by atoms with Crippen LogP contribution in [0.4, 0.5) is 0 Å². The second-order valence-corrected chi connectivity index (χ2v) is 6.55. The molecule has 3 rings (SSSR count). The van der Waals surface area contributed by atoms with Crippen LogP contribution in [0.15, 0.2) is 0 Å². The van der Waals surface area contributed by atoms with Crippen molar-refractivity contribution in [1.82, 2.24) is 0 Å². The van der Waals surface area contributed by atoms with Crippen molar-refractivity contribution < 1.29 is 23.7 Å². The maximum atomic E-state index is 11.9. The lowest BCUT2D eigenvalue weighted by Crippen LogP contribution is -2.52. The smallest absolute Gasteiger partial charge is 0.252 e. The Morgan fingerprint density at radius 1 is 1.16 bits per heavy atom. The summed E-state index contributed by atoms with van der Waals surface area (Å²) in [6.45, 7) is 7.81. The van der Waals surface area contributed by atoms with E-state index in [2.05, 4.69) is 0 Å². The second kappa shape index (κ2) is 3.69. The molecule has 0 bridgehead atoms. The predicted octanol–water partition coefficient (Wildman–Crippen LogP) is 0.533. The maximum Gasteiger partial charge on any atom is 0.252 e. The maximum absolute atomic E-state index is 11.9. The van der Waals surface area contributed by atoms with Gasteiger partial charge in [-0.25, -0.2) is 0 Å². The van der Waals surface area contributed by atoms with Gasteiger partial charge in [0.2, 0.25) is 0 Å². The Labute approximate surface area is 112 Å². The van der Waals surface area contributed by atoms with Crippen molar-refractivity contribution in [3.8, 4) is 0 Å². The second-order valence-electron chi connectivity index (χ2n) is 6.55. The van der Waals surface area contributed by atoms with E-state index in [1.54, 1.807) is 13.8 Å². The van der Waals surface area contributed by atoms with E-state index in [4.69, 9.17) is 24.7 Å². The van der Waals surface area contributed by atoms with E-state index in [0.29, 0.717) is 13.0 Å².